The molecule has 0 N–H and O–H groups in total. The van der Waals surface area contributed by atoms with Crippen LogP contribution >= 0.6 is 12.6 Å². The molecular formula is C11H17NO2S. The van der Waals surface area contributed by atoms with E-state index in [0.29, 0.717) is 6.54 Å². The molecule has 2 amide bonds. The van der Waals surface area contributed by atoms with Crippen LogP contribution < -0.4 is 0 Å². The van der Waals surface area contributed by atoms with Crippen molar-refractivity contribution in [3.8, 4) is 0 Å². The molecule has 3 nitrogen and oxygen atoms in total. The lowest BCUT2D eigenvalue weighted by atomic mass is 10.1. The van der Waals surface area contributed by atoms with Crippen molar-refractivity contribution in [2.24, 2.45) is 17.3 Å². The molecular weight excluding hydrogens is 210 g/mol. The molecule has 0 bridgehead atoms. The number of unbranched alkanes of at least 4 members (excludes halogenated alkanes) is 1. The van der Waals surface area contributed by atoms with Crippen LogP contribution in [0.2, 0.25) is 0 Å². The van der Waals surface area contributed by atoms with E-state index >= 15 is 0 Å². The molecule has 2 aliphatic rings. The van der Waals surface area contributed by atoms with Crippen LogP contribution in [0.1, 0.15) is 26.7 Å². The second-order valence-electron chi connectivity index (χ2n) is 5.04. The minimum Gasteiger partial charge on any atom is -0.282 e. The number of nitrogens with zero attached hydrogens (tertiary/aromatic N) is 1. The van der Waals surface area contributed by atoms with E-state index in [-0.39, 0.29) is 29.1 Å². The zero-order valence-electron chi connectivity index (χ0n) is 9.19. The number of hydrogen-bond acceptors (Lipinski definition) is 3. The van der Waals surface area contributed by atoms with Crippen LogP contribution in [0, 0.1) is 17.3 Å². The van der Waals surface area contributed by atoms with E-state index in [9.17, 15) is 9.59 Å². The molecule has 0 spiro atoms. The van der Waals surface area contributed by atoms with Crippen LogP contribution in [0.4, 0.5) is 0 Å². The fourth-order valence-corrected chi connectivity index (χ4v) is 2.83. The zero-order valence-corrected chi connectivity index (χ0v) is 10.1. The third-order valence-corrected chi connectivity index (χ3v) is 4.00. The predicted octanol–water partition coefficient (Wildman–Crippen LogP) is 1.34. The van der Waals surface area contributed by atoms with E-state index in [0.717, 1.165) is 18.6 Å². The quantitative estimate of drug-likeness (QED) is 0.447. The van der Waals surface area contributed by atoms with Gasteiger partial charge in [0.2, 0.25) is 11.8 Å². The maximum absolute atomic E-state index is 11.9. The molecule has 1 heterocycles. The van der Waals surface area contributed by atoms with Gasteiger partial charge >= 0.3 is 0 Å². The molecule has 1 saturated heterocycles. The number of imide groups is 1. The standard InChI is InChI=1S/C11H17NO2S/c1-11(2)7-8(11)10(14)12(9(7)13)5-3-4-6-15/h7-8,15H,3-6H2,1-2H3. The van der Waals surface area contributed by atoms with Crippen LogP contribution in [0.25, 0.3) is 0 Å². The Morgan fingerprint density at radius 2 is 1.73 bits per heavy atom. The van der Waals surface area contributed by atoms with Gasteiger partial charge in [-0.05, 0) is 24.0 Å². The first kappa shape index (κ1) is 11.0. The Labute approximate surface area is 95.6 Å². The van der Waals surface area contributed by atoms with Crippen molar-refractivity contribution in [2.75, 3.05) is 12.3 Å². The van der Waals surface area contributed by atoms with E-state index in [1.165, 1.54) is 4.90 Å². The number of amides is 2. The normalized spacial score (nSPS) is 32.1. The highest BCUT2D eigenvalue weighted by atomic mass is 32.1. The molecule has 4 heteroatoms. The van der Waals surface area contributed by atoms with Gasteiger partial charge in [-0.3, -0.25) is 14.5 Å². The number of fused-ring (bicyclic) bond motifs is 1. The van der Waals surface area contributed by atoms with Gasteiger partial charge in [0.15, 0.2) is 0 Å². The van der Waals surface area contributed by atoms with Gasteiger partial charge in [-0.15, -0.1) is 0 Å². The Kier molecular flexibility index (Phi) is 2.57. The Balaban J connectivity index is 1.96. The van der Waals surface area contributed by atoms with E-state index in [4.69, 9.17) is 0 Å². The molecule has 1 aliphatic heterocycles. The van der Waals surface area contributed by atoms with Gasteiger partial charge < -0.3 is 0 Å². The SMILES string of the molecule is CC1(C)C2C(=O)N(CCCCS)C(=O)C21. The third-order valence-electron chi connectivity index (χ3n) is 3.68. The van der Waals surface area contributed by atoms with Crippen LogP contribution in [0.15, 0.2) is 0 Å². The topological polar surface area (TPSA) is 37.4 Å². The van der Waals surface area contributed by atoms with Gasteiger partial charge in [0.1, 0.15) is 0 Å². The summed E-state index contributed by atoms with van der Waals surface area (Å²) in [6.07, 6.45) is 1.83. The van der Waals surface area contributed by atoms with Crippen LogP contribution in [0.5, 0.6) is 0 Å². The van der Waals surface area contributed by atoms with Gasteiger partial charge in [0.25, 0.3) is 0 Å². The first-order valence-corrected chi connectivity index (χ1v) is 6.11. The summed E-state index contributed by atoms with van der Waals surface area (Å²) in [6, 6.07) is 0. The van der Waals surface area contributed by atoms with Crippen molar-refractivity contribution >= 4 is 24.4 Å². The average Bonchev–Trinajstić information content (AvgIpc) is 2.63. The Hall–Kier alpha value is -0.510. The molecule has 2 unspecified atom stereocenters. The molecule has 0 aromatic rings. The summed E-state index contributed by atoms with van der Waals surface area (Å²) in [7, 11) is 0. The van der Waals surface area contributed by atoms with Crippen LogP contribution in [-0.4, -0.2) is 29.0 Å². The molecule has 1 saturated carbocycles. The summed E-state index contributed by atoms with van der Waals surface area (Å²) in [5, 5.41) is 0. The maximum atomic E-state index is 11.9. The number of carbonyl (C=O) groups excluding carboxylic acids is 2. The molecule has 2 atom stereocenters. The fourth-order valence-electron chi connectivity index (χ4n) is 2.61. The number of piperidine rings is 1. The lowest BCUT2D eigenvalue weighted by molar-refractivity contribution is -0.143. The molecule has 15 heavy (non-hydrogen) atoms. The highest BCUT2D eigenvalue weighted by molar-refractivity contribution is 7.80. The first-order valence-electron chi connectivity index (χ1n) is 5.48. The maximum Gasteiger partial charge on any atom is 0.233 e. The summed E-state index contributed by atoms with van der Waals surface area (Å²) < 4.78 is 0. The van der Waals surface area contributed by atoms with Gasteiger partial charge in [-0.2, -0.15) is 12.6 Å². The number of likely N-dealkylation sites (tertiary alicyclic amines) is 1. The predicted molar refractivity (Wildman–Crippen MR) is 60.6 cm³/mol. The Bertz CT molecular complexity index is 290. The lowest BCUT2D eigenvalue weighted by Gasteiger charge is -2.20. The summed E-state index contributed by atoms with van der Waals surface area (Å²) >= 11 is 4.11. The molecule has 1 aliphatic carbocycles. The molecule has 2 rings (SSSR count). The fraction of sp³-hybridized carbons (Fsp3) is 0.818. The number of thiol groups is 1. The second kappa shape index (κ2) is 3.51. The summed E-state index contributed by atoms with van der Waals surface area (Å²) in [5.41, 5.74) is -0.0752. The van der Waals surface area contributed by atoms with Gasteiger partial charge in [-0.1, -0.05) is 13.8 Å². The van der Waals surface area contributed by atoms with E-state index < -0.39 is 0 Å². The zero-order chi connectivity index (χ0) is 11.2. The van der Waals surface area contributed by atoms with Gasteiger partial charge in [0, 0.05) is 6.54 Å². The second-order valence-corrected chi connectivity index (χ2v) is 5.48. The minimum atomic E-state index is -0.0752. The summed E-state index contributed by atoms with van der Waals surface area (Å²) in [6.45, 7) is 4.59. The molecule has 84 valence electrons. The molecule has 0 aromatic heterocycles. The molecule has 0 radical (unpaired) electrons. The minimum absolute atomic E-state index is 0.0269. The highest BCUT2D eigenvalue weighted by Gasteiger charge is 2.72. The van der Waals surface area contributed by atoms with Crippen molar-refractivity contribution < 1.29 is 9.59 Å². The number of hydrogen-bond donors (Lipinski definition) is 1. The molecule has 0 aromatic carbocycles. The third kappa shape index (κ3) is 1.50. The van der Waals surface area contributed by atoms with Gasteiger partial charge in [-0.25, -0.2) is 0 Å². The number of carbonyl (C=O) groups is 2. The van der Waals surface area contributed by atoms with E-state index in [2.05, 4.69) is 12.6 Å². The Morgan fingerprint density at radius 3 is 2.20 bits per heavy atom. The van der Waals surface area contributed by atoms with Crippen molar-refractivity contribution in [3.63, 3.8) is 0 Å². The van der Waals surface area contributed by atoms with E-state index in [1.807, 2.05) is 13.8 Å². The average molecular weight is 227 g/mol. The smallest absolute Gasteiger partial charge is 0.233 e. The van der Waals surface area contributed by atoms with Gasteiger partial charge in [0.05, 0.1) is 11.8 Å². The monoisotopic (exact) mass is 227 g/mol. The highest BCUT2D eigenvalue weighted by Crippen LogP contribution is 2.63. The van der Waals surface area contributed by atoms with E-state index in [1.54, 1.807) is 0 Å². The largest absolute Gasteiger partial charge is 0.282 e. The summed E-state index contributed by atoms with van der Waals surface area (Å²) in [5.74, 6) is 0.861. The van der Waals surface area contributed by atoms with Crippen molar-refractivity contribution in [3.05, 3.63) is 0 Å². The van der Waals surface area contributed by atoms with Crippen LogP contribution in [-0.2, 0) is 9.59 Å². The van der Waals surface area contributed by atoms with Crippen molar-refractivity contribution in [1.29, 1.82) is 0 Å². The summed E-state index contributed by atoms with van der Waals surface area (Å²) in [4.78, 5) is 25.2. The number of rotatable bonds is 4. The lowest BCUT2D eigenvalue weighted by Crippen LogP contribution is -2.36. The van der Waals surface area contributed by atoms with Crippen molar-refractivity contribution in [2.45, 2.75) is 26.7 Å². The first-order chi connectivity index (χ1) is 7.01. The Morgan fingerprint density at radius 1 is 1.20 bits per heavy atom. The van der Waals surface area contributed by atoms with Crippen molar-refractivity contribution in [1.82, 2.24) is 4.90 Å². The van der Waals surface area contributed by atoms with Crippen LogP contribution in [0.3, 0.4) is 0 Å². The molecule has 2 fully saturated rings.